The van der Waals surface area contributed by atoms with Crippen LogP contribution in [-0.4, -0.2) is 23.7 Å². The van der Waals surface area contributed by atoms with Crippen molar-refractivity contribution in [3.63, 3.8) is 0 Å². The second-order valence-electron chi connectivity index (χ2n) is 9.02. The van der Waals surface area contributed by atoms with Crippen LogP contribution >= 0.6 is 11.8 Å². The van der Waals surface area contributed by atoms with Crippen molar-refractivity contribution >= 4 is 11.8 Å². The molecule has 4 rings (SSSR count). The number of hydrogen-bond donors (Lipinski definition) is 2. The average molecular weight is 461 g/mol. The average Bonchev–Trinajstić information content (AvgIpc) is 3.19. The molecule has 1 saturated heterocycles. The van der Waals surface area contributed by atoms with Crippen molar-refractivity contribution < 1.29 is 9.84 Å². The molecule has 172 valence electrons. The quantitative estimate of drug-likeness (QED) is 0.492. The molecule has 1 fully saturated rings. The van der Waals surface area contributed by atoms with Gasteiger partial charge >= 0.3 is 0 Å². The maximum absolute atomic E-state index is 9.69. The van der Waals surface area contributed by atoms with E-state index in [1.54, 1.807) is 11.8 Å². The molecular formula is C28H32N2O2S. The van der Waals surface area contributed by atoms with Crippen LogP contribution in [-0.2, 0) is 17.6 Å². The second kappa shape index (κ2) is 11.2. The van der Waals surface area contributed by atoms with E-state index in [0.717, 1.165) is 25.7 Å². The summed E-state index contributed by atoms with van der Waals surface area (Å²) in [6, 6.07) is 17.7. The molecule has 2 atom stereocenters. The van der Waals surface area contributed by atoms with Crippen molar-refractivity contribution in [1.29, 1.82) is 5.26 Å². The van der Waals surface area contributed by atoms with Crippen molar-refractivity contribution in [3.8, 4) is 6.07 Å². The predicted molar refractivity (Wildman–Crippen MR) is 133 cm³/mol. The number of aliphatic hydroxyl groups is 1. The topological polar surface area (TPSA) is 65.3 Å². The van der Waals surface area contributed by atoms with Gasteiger partial charge in [0, 0.05) is 9.79 Å². The molecule has 1 aliphatic carbocycles. The van der Waals surface area contributed by atoms with Gasteiger partial charge in [0.1, 0.15) is 0 Å². The fourth-order valence-electron chi connectivity index (χ4n) is 4.50. The van der Waals surface area contributed by atoms with E-state index in [9.17, 15) is 10.4 Å². The van der Waals surface area contributed by atoms with Crippen LogP contribution in [0.3, 0.4) is 0 Å². The van der Waals surface area contributed by atoms with Gasteiger partial charge in [0.2, 0.25) is 6.41 Å². The fraction of sp³-hybridized carbons (Fsp3) is 0.393. The van der Waals surface area contributed by atoms with Crippen LogP contribution < -0.4 is 5.32 Å². The Balaban J connectivity index is 1.36. The summed E-state index contributed by atoms with van der Waals surface area (Å²) >= 11 is 1.80. The lowest BCUT2D eigenvalue weighted by Gasteiger charge is -2.25. The number of rotatable bonds is 9. The first kappa shape index (κ1) is 23.8. The molecule has 5 heteroatoms. The molecule has 1 heterocycles. The first-order chi connectivity index (χ1) is 16.0. The lowest BCUT2D eigenvalue weighted by atomic mass is 9.89. The highest BCUT2D eigenvalue weighted by Gasteiger charge is 2.38. The molecule has 0 radical (unpaired) electrons. The minimum Gasteiger partial charge on any atom is -0.356 e. The van der Waals surface area contributed by atoms with Crippen molar-refractivity contribution in [2.75, 3.05) is 6.61 Å². The van der Waals surface area contributed by atoms with E-state index >= 15 is 0 Å². The zero-order chi connectivity index (χ0) is 23.1. The smallest absolute Gasteiger partial charge is 0.214 e. The highest BCUT2D eigenvalue weighted by atomic mass is 32.2. The third kappa shape index (κ3) is 6.59. The van der Waals surface area contributed by atoms with Crippen LogP contribution in [0.2, 0.25) is 0 Å². The first-order valence-corrected chi connectivity index (χ1v) is 12.5. The maximum Gasteiger partial charge on any atom is 0.214 e. The Hall–Kier alpha value is -2.36. The van der Waals surface area contributed by atoms with E-state index in [4.69, 9.17) is 4.74 Å². The minimum absolute atomic E-state index is 0.320. The number of nitrogens with one attached hydrogen (secondary N) is 1. The number of nitrogens with zero attached hydrogens (tertiary/aromatic N) is 1. The first-order valence-electron chi connectivity index (χ1n) is 11.7. The van der Waals surface area contributed by atoms with Crippen LogP contribution in [0.5, 0.6) is 0 Å². The summed E-state index contributed by atoms with van der Waals surface area (Å²) in [5.41, 5.74) is 4.87. The van der Waals surface area contributed by atoms with E-state index in [2.05, 4.69) is 79.0 Å². The van der Waals surface area contributed by atoms with Gasteiger partial charge in [-0.15, -0.1) is 0 Å². The molecule has 0 amide bonds. The van der Waals surface area contributed by atoms with Crippen molar-refractivity contribution in [1.82, 2.24) is 5.32 Å². The maximum atomic E-state index is 9.69. The van der Waals surface area contributed by atoms with Crippen LogP contribution in [0.4, 0.5) is 0 Å². The summed E-state index contributed by atoms with van der Waals surface area (Å²) in [6.45, 7) is 2.50. The predicted octanol–water partition coefficient (Wildman–Crippen LogP) is 5.84. The molecule has 2 aromatic rings. The van der Waals surface area contributed by atoms with Gasteiger partial charge in [-0.3, -0.25) is 5.32 Å². The molecule has 2 N–H and O–H groups in total. The largest absolute Gasteiger partial charge is 0.356 e. The Bertz CT molecular complexity index is 1070. The highest BCUT2D eigenvalue weighted by molar-refractivity contribution is 7.99. The van der Waals surface area contributed by atoms with Crippen LogP contribution in [0.25, 0.3) is 0 Å². The Labute approximate surface area is 201 Å². The van der Waals surface area contributed by atoms with Gasteiger partial charge in [0.25, 0.3) is 0 Å². The molecule has 0 aromatic heterocycles. The number of benzene rings is 2. The molecule has 2 aromatic carbocycles. The molecule has 0 bridgehead atoms. The second-order valence-corrected chi connectivity index (χ2v) is 10.2. The van der Waals surface area contributed by atoms with Gasteiger partial charge in [-0.25, -0.2) is 0 Å². The monoisotopic (exact) mass is 460 g/mol. The highest BCUT2D eigenvalue weighted by Crippen LogP contribution is 2.31. The van der Waals surface area contributed by atoms with Crippen molar-refractivity contribution in [2.24, 2.45) is 0 Å². The Morgan fingerprint density at radius 1 is 1.15 bits per heavy atom. The number of ether oxygens (including phenoxy) is 1. The van der Waals surface area contributed by atoms with Gasteiger partial charge in [-0.2, -0.15) is 5.26 Å². The van der Waals surface area contributed by atoms with E-state index < -0.39 is 12.0 Å². The van der Waals surface area contributed by atoms with Gasteiger partial charge in [0.15, 0.2) is 0 Å². The van der Waals surface area contributed by atoms with Crippen LogP contribution in [0.15, 0.2) is 76.1 Å². The van der Waals surface area contributed by atoms with Gasteiger partial charge in [-0.05, 0) is 86.4 Å². The summed E-state index contributed by atoms with van der Waals surface area (Å²) in [5, 5.41) is 21.9. The van der Waals surface area contributed by atoms with E-state index in [0.29, 0.717) is 13.0 Å². The van der Waals surface area contributed by atoms with Crippen molar-refractivity contribution in [3.05, 3.63) is 83.0 Å². The Kier molecular flexibility index (Phi) is 8.06. The molecule has 4 nitrogen and oxygen atoms in total. The summed E-state index contributed by atoms with van der Waals surface area (Å²) in [4.78, 5) is 2.50. The molecule has 0 spiro atoms. The third-order valence-corrected chi connectivity index (χ3v) is 7.44. The number of hydrogen-bond acceptors (Lipinski definition) is 5. The van der Waals surface area contributed by atoms with E-state index in [1.165, 1.54) is 44.9 Å². The number of allylic oxidation sites excluding steroid dienone is 4. The minimum atomic E-state index is -0.982. The molecule has 0 saturated carbocycles. The van der Waals surface area contributed by atoms with Gasteiger partial charge < -0.3 is 9.84 Å². The molecule has 1 aliphatic heterocycles. The zero-order valence-electron chi connectivity index (χ0n) is 19.2. The standard InChI is InChI=1S/C28H32N2O2S/c1-21-18-26(13-12-24(21)14-15-28(16-17-29)20-32-27(31)30-28)33-25-9-5-8-23(19-25)11-10-22-6-3-2-4-7-22/h3,5-9,12-13,18-19,27,30-31H,2,4,10-11,14-16,20H2,1H3. The normalized spacial score (nSPS) is 22.2. The summed E-state index contributed by atoms with van der Waals surface area (Å²) in [6.07, 6.45) is 12.3. The molecule has 2 unspecified atom stereocenters. The third-order valence-electron chi connectivity index (χ3n) is 6.46. The van der Waals surface area contributed by atoms with Crippen LogP contribution in [0.1, 0.15) is 48.8 Å². The number of nitriles is 1. The van der Waals surface area contributed by atoms with Crippen LogP contribution in [0, 0.1) is 18.3 Å². The van der Waals surface area contributed by atoms with E-state index in [-0.39, 0.29) is 0 Å². The fourth-order valence-corrected chi connectivity index (χ4v) is 5.50. The lowest BCUT2D eigenvalue weighted by molar-refractivity contribution is -0.0719. The molecule has 2 aliphatic rings. The number of aliphatic hydroxyl groups excluding tert-OH is 1. The Morgan fingerprint density at radius 2 is 2.03 bits per heavy atom. The molecular weight excluding hydrogens is 428 g/mol. The van der Waals surface area contributed by atoms with Crippen molar-refractivity contribution in [2.45, 2.75) is 73.6 Å². The SMILES string of the molecule is Cc1cc(Sc2cccc(CCC3=CCCC=C3)c2)ccc1CCC1(CC#N)COC(O)N1. The molecule has 33 heavy (non-hydrogen) atoms. The van der Waals surface area contributed by atoms with Gasteiger partial charge in [0.05, 0.1) is 24.6 Å². The summed E-state index contributed by atoms with van der Waals surface area (Å²) in [7, 11) is 0. The van der Waals surface area contributed by atoms with Gasteiger partial charge in [-0.1, -0.05) is 53.8 Å². The summed E-state index contributed by atoms with van der Waals surface area (Å²) < 4.78 is 5.27. The number of aryl methyl sites for hydroxylation is 3. The zero-order valence-corrected chi connectivity index (χ0v) is 20.0. The lowest BCUT2D eigenvalue weighted by Crippen LogP contribution is -2.45. The Morgan fingerprint density at radius 3 is 2.76 bits per heavy atom. The van der Waals surface area contributed by atoms with E-state index in [1.807, 2.05) is 0 Å². The summed E-state index contributed by atoms with van der Waals surface area (Å²) in [5.74, 6) is 0.